The summed E-state index contributed by atoms with van der Waals surface area (Å²) in [6.07, 6.45) is 7.81. The standard InChI is InChI=1S/C24H26BrP/c1-2-3-4-14-21-26(25,22-15-8-5-9-16-22,23-17-10-6-11-18-23)24-19-12-7-13-20-24/h3-13,15-20H,2,14,21H2,1H3. The topological polar surface area (TPSA) is 0 Å². The third-order valence-electron chi connectivity index (χ3n) is 5.00. The fourth-order valence-electron chi connectivity index (χ4n) is 3.65. The van der Waals surface area contributed by atoms with Crippen LogP contribution in [0.25, 0.3) is 0 Å². The molecule has 0 nitrogen and oxygen atoms in total. The fourth-order valence-corrected chi connectivity index (χ4v) is 11.1. The van der Waals surface area contributed by atoms with Crippen molar-refractivity contribution >= 4 is 36.7 Å². The molecule has 0 spiro atoms. The molecule has 0 unspecified atom stereocenters. The molecule has 0 amide bonds. The quantitative estimate of drug-likeness (QED) is 0.313. The van der Waals surface area contributed by atoms with Gasteiger partial charge in [0.1, 0.15) is 0 Å². The summed E-state index contributed by atoms with van der Waals surface area (Å²) in [6, 6.07) is 33.0. The zero-order valence-corrected chi connectivity index (χ0v) is 17.7. The maximum absolute atomic E-state index is 4.47. The van der Waals surface area contributed by atoms with E-state index in [2.05, 4.69) is 126 Å². The second-order valence-corrected chi connectivity index (χ2v) is 15.6. The Bertz CT molecular complexity index is 742. The van der Waals surface area contributed by atoms with Crippen molar-refractivity contribution in [2.45, 2.75) is 19.8 Å². The molecule has 0 fully saturated rings. The molecule has 2 heteroatoms. The van der Waals surface area contributed by atoms with E-state index >= 15 is 0 Å². The predicted octanol–water partition coefficient (Wildman–Crippen LogP) is 6.18. The molecule has 26 heavy (non-hydrogen) atoms. The van der Waals surface area contributed by atoms with Crippen LogP contribution in [0, 0.1) is 0 Å². The molecule has 3 aromatic rings. The van der Waals surface area contributed by atoms with Crippen LogP contribution in [0.5, 0.6) is 0 Å². The first-order chi connectivity index (χ1) is 12.7. The molecule has 0 saturated carbocycles. The van der Waals surface area contributed by atoms with Crippen molar-refractivity contribution in [3.8, 4) is 0 Å². The van der Waals surface area contributed by atoms with Crippen molar-refractivity contribution in [2.24, 2.45) is 0 Å². The van der Waals surface area contributed by atoms with E-state index in [1.54, 1.807) is 0 Å². The Labute approximate surface area is 165 Å². The number of hydrogen-bond acceptors (Lipinski definition) is 0. The molecule has 134 valence electrons. The van der Waals surface area contributed by atoms with Gasteiger partial charge in [-0.15, -0.1) is 0 Å². The van der Waals surface area contributed by atoms with E-state index in [1.165, 1.54) is 15.9 Å². The van der Waals surface area contributed by atoms with E-state index in [9.17, 15) is 0 Å². The molecule has 0 saturated heterocycles. The molecule has 0 aromatic heterocycles. The molecule has 0 radical (unpaired) electrons. The minimum absolute atomic E-state index is 1.05. The Morgan fingerprint density at radius 3 is 1.38 bits per heavy atom. The molecule has 0 N–H and O–H groups in total. The van der Waals surface area contributed by atoms with Gasteiger partial charge in [0.15, 0.2) is 0 Å². The number of allylic oxidation sites excluding steroid dienone is 2. The van der Waals surface area contributed by atoms with E-state index in [0.29, 0.717) is 0 Å². The van der Waals surface area contributed by atoms with Crippen LogP contribution in [-0.4, -0.2) is 6.16 Å². The predicted molar refractivity (Wildman–Crippen MR) is 123 cm³/mol. The number of halogens is 1. The van der Waals surface area contributed by atoms with Crippen molar-refractivity contribution in [1.82, 2.24) is 0 Å². The van der Waals surface area contributed by atoms with E-state index in [4.69, 9.17) is 0 Å². The molecular formula is C24H26BrP. The van der Waals surface area contributed by atoms with Gasteiger partial charge in [-0.05, 0) is 0 Å². The normalized spacial score (nSPS) is 13.4. The Morgan fingerprint density at radius 1 is 0.654 bits per heavy atom. The summed E-state index contributed by atoms with van der Waals surface area (Å²) in [5.74, 6) is 0. The fraction of sp³-hybridized carbons (Fsp3) is 0.167. The maximum atomic E-state index is 4.47. The summed E-state index contributed by atoms with van der Waals surface area (Å²) in [6.45, 7) is 2.19. The van der Waals surface area contributed by atoms with Crippen molar-refractivity contribution in [3.05, 3.63) is 103 Å². The molecule has 0 aliphatic heterocycles. The summed E-state index contributed by atoms with van der Waals surface area (Å²) in [4.78, 5) is 0. The SMILES string of the molecule is CCC=CCCP(Br)(c1ccccc1)(c1ccccc1)c1ccccc1. The molecule has 3 aromatic carbocycles. The van der Waals surface area contributed by atoms with Gasteiger partial charge in [-0.1, -0.05) is 0 Å². The molecule has 0 atom stereocenters. The van der Waals surface area contributed by atoms with Crippen molar-refractivity contribution in [2.75, 3.05) is 6.16 Å². The van der Waals surface area contributed by atoms with E-state index in [-0.39, 0.29) is 0 Å². The third-order valence-corrected chi connectivity index (χ3v) is 15.0. The Morgan fingerprint density at radius 2 is 1.04 bits per heavy atom. The Kier molecular flexibility index (Phi) is 6.12. The van der Waals surface area contributed by atoms with E-state index in [0.717, 1.165) is 19.0 Å². The zero-order valence-electron chi connectivity index (χ0n) is 15.3. The van der Waals surface area contributed by atoms with Gasteiger partial charge in [0.25, 0.3) is 0 Å². The zero-order chi connectivity index (χ0) is 18.3. The van der Waals surface area contributed by atoms with Crippen LogP contribution < -0.4 is 15.9 Å². The van der Waals surface area contributed by atoms with Crippen molar-refractivity contribution < 1.29 is 0 Å². The van der Waals surface area contributed by atoms with Gasteiger partial charge in [-0.25, -0.2) is 0 Å². The van der Waals surface area contributed by atoms with Crippen molar-refractivity contribution in [1.29, 1.82) is 0 Å². The average molecular weight is 425 g/mol. The van der Waals surface area contributed by atoms with E-state index < -0.39 is 5.31 Å². The number of rotatable bonds is 7. The van der Waals surface area contributed by atoms with E-state index in [1.807, 2.05) is 0 Å². The molecule has 0 aliphatic carbocycles. The number of benzene rings is 3. The van der Waals surface area contributed by atoms with Crippen LogP contribution in [-0.2, 0) is 0 Å². The molecule has 0 aliphatic rings. The first kappa shape index (κ1) is 19.1. The second kappa shape index (κ2) is 8.33. The second-order valence-electron chi connectivity index (χ2n) is 6.58. The molecule has 3 rings (SSSR count). The van der Waals surface area contributed by atoms with Gasteiger partial charge in [0.2, 0.25) is 0 Å². The summed E-state index contributed by atoms with van der Waals surface area (Å²) >= 11 is 4.47. The Balaban J connectivity index is 2.29. The monoisotopic (exact) mass is 424 g/mol. The molecule has 0 bridgehead atoms. The first-order valence-corrected chi connectivity index (χ1v) is 13.7. The van der Waals surface area contributed by atoms with Gasteiger partial charge < -0.3 is 0 Å². The van der Waals surface area contributed by atoms with Gasteiger partial charge in [-0.3, -0.25) is 0 Å². The minimum atomic E-state index is -2.72. The summed E-state index contributed by atoms with van der Waals surface area (Å²) in [5, 5.41) is 1.45. The van der Waals surface area contributed by atoms with Crippen LogP contribution >= 0.6 is 20.8 Å². The van der Waals surface area contributed by atoms with Gasteiger partial charge >= 0.3 is 166 Å². The summed E-state index contributed by atoms with van der Waals surface area (Å²) < 4.78 is 0. The van der Waals surface area contributed by atoms with Crippen LogP contribution in [0.2, 0.25) is 0 Å². The van der Waals surface area contributed by atoms with Crippen LogP contribution in [0.15, 0.2) is 103 Å². The summed E-state index contributed by atoms with van der Waals surface area (Å²) in [7, 11) is 0. The van der Waals surface area contributed by atoms with Crippen LogP contribution in [0.3, 0.4) is 0 Å². The Hall–Kier alpha value is -1.69. The molecular weight excluding hydrogens is 399 g/mol. The average Bonchev–Trinajstić information content (AvgIpc) is 2.73. The van der Waals surface area contributed by atoms with Crippen molar-refractivity contribution in [3.63, 3.8) is 0 Å². The number of hydrogen-bond donors (Lipinski definition) is 0. The summed E-state index contributed by atoms with van der Waals surface area (Å²) in [5.41, 5.74) is 0. The van der Waals surface area contributed by atoms with Gasteiger partial charge in [0, 0.05) is 0 Å². The first-order valence-electron chi connectivity index (χ1n) is 9.25. The van der Waals surface area contributed by atoms with Gasteiger partial charge in [0.05, 0.1) is 0 Å². The molecule has 0 heterocycles. The van der Waals surface area contributed by atoms with Gasteiger partial charge in [-0.2, -0.15) is 0 Å². The van der Waals surface area contributed by atoms with Crippen LogP contribution in [0.4, 0.5) is 0 Å². The van der Waals surface area contributed by atoms with Crippen LogP contribution in [0.1, 0.15) is 19.8 Å². The third kappa shape index (κ3) is 3.43.